The lowest BCUT2D eigenvalue weighted by molar-refractivity contribution is -0.134. The van der Waals surface area contributed by atoms with Gasteiger partial charge in [0.25, 0.3) is 0 Å². The zero-order valence-corrected chi connectivity index (χ0v) is 9.41. The fraction of sp³-hybridized carbons (Fsp3) is 0.750. The first-order valence-electron chi connectivity index (χ1n) is 5.94. The third kappa shape index (κ3) is 2.59. The van der Waals surface area contributed by atoms with Crippen LogP contribution >= 0.6 is 0 Å². The molecule has 0 bridgehead atoms. The van der Waals surface area contributed by atoms with E-state index in [2.05, 4.69) is 24.4 Å². The highest BCUT2D eigenvalue weighted by molar-refractivity contribution is 5.77. The molecule has 3 nitrogen and oxygen atoms in total. The molecule has 1 saturated heterocycles. The van der Waals surface area contributed by atoms with Gasteiger partial charge in [-0.05, 0) is 25.7 Å². The Bertz CT molecular complexity index is 262. The molecular weight excluding hydrogens is 188 g/mol. The van der Waals surface area contributed by atoms with Gasteiger partial charge >= 0.3 is 0 Å². The van der Waals surface area contributed by atoms with Gasteiger partial charge in [0, 0.05) is 32.1 Å². The van der Waals surface area contributed by atoms with E-state index < -0.39 is 0 Å². The van der Waals surface area contributed by atoms with Crippen molar-refractivity contribution in [1.82, 2.24) is 10.2 Å². The van der Waals surface area contributed by atoms with Crippen molar-refractivity contribution in [2.75, 3.05) is 19.6 Å². The summed E-state index contributed by atoms with van der Waals surface area (Å²) in [6.45, 7) is 4.87. The monoisotopic (exact) mass is 208 g/mol. The number of nitrogens with one attached hydrogen (secondary N) is 1. The summed E-state index contributed by atoms with van der Waals surface area (Å²) in [5.41, 5.74) is 0. The van der Waals surface area contributed by atoms with Crippen LogP contribution in [0.3, 0.4) is 0 Å². The van der Waals surface area contributed by atoms with Crippen LogP contribution in [-0.2, 0) is 4.79 Å². The number of hydrogen-bond donors (Lipinski definition) is 1. The molecule has 1 fully saturated rings. The largest absolute Gasteiger partial charge is 0.337 e. The lowest BCUT2D eigenvalue weighted by Gasteiger charge is -2.34. The Labute approximate surface area is 91.5 Å². The molecule has 1 heterocycles. The molecule has 0 aromatic rings. The van der Waals surface area contributed by atoms with Crippen molar-refractivity contribution in [1.29, 1.82) is 0 Å². The smallest absolute Gasteiger partial charge is 0.223 e. The van der Waals surface area contributed by atoms with Crippen molar-refractivity contribution in [3.63, 3.8) is 0 Å². The first kappa shape index (κ1) is 10.7. The number of carbonyl (C=O) groups excluding carboxylic acids is 1. The quantitative estimate of drug-likeness (QED) is 0.691. The molecule has 1 N–H and O–H groups in total. The maximum Gasteiger partial charge on any atom is 0.223 e. The molecule has 2 rings (SSSR count). The van der Waals surface area contributed by atoms with Crippen molar-refractivity contribution >= 4 is 5.91 Å². The van der Waals surface area contributed by atoms with Gasteiger partial charge in [-0.25, -0.2) is 0 Å². The fourth-order valence-electron chi connectivity index (χ4n) is 2.42. The molecule has 3 heteroatoms. The van der Waals surface area contributed by atoms with Crippen LogP contribution in [0.1, 0.15) is 26.2 Å². The van der Waals surface area contributed by atoms with Gasteiger partial charge in [-0.1, -0.05) is 12.2 Å². The summed E-state index contributed by atoms with van der Waals surface area (Å²) in [6.07, 6.45) is 7.41. The number of hydrogen-bond acceptors (Lipinski definition) is 2. The van der Waals surface area contributed by atoms with Crippen LogP contribution in [0.2, 0.25) is 0 Å². The molecule has 0 aromatic heterocycles. The summed E-state index contributed by atoms with van der Waals surface area (Å²) in [5, 5.41) is 3.31. The SMILES string of the molecule is C[C@H]1CNCCN1C(=O)CC1C=CCC1. The third-order valence-corrected chi connectivity index (χ3v) is 3.37. The minimum Gasteiger partial charge on any atom is -0.337 e. The van der Waals surface area contributed by atoms with Gasteiger partial charge in [-0.3, -0.25) is 4.79 Å². The molecule has 0 spiro atoms. The van der Waals surface area contributed by atoms with Gasteiger partial charge in [0.05, 0.1) is 0 Å². The second-order valence-corrected chi connectivity index (χ2v) is 4.61. The zero-order valence-electron chi connectivity index (χ0n) is 9.41. The number of nitrogens with zero attached hydrogens (tertiary/aromatic N) is 1. The minimum atomic E-state index is 0.334. The zero-order chi connectivity index (χ0) is 10.7. The molecule has 0 radical (unpaired) electrons. The minimum absolute atomic E-state index is 0.334. The highest BCUT2D eigenvalue weighted by Crippen LogP contribution is 2.21. The number of rotatable bonds is 2. The van der Waals surface area contributed by atoms with Gasteiger partial charge in [0.15, 0.2) is 0 Å². The van der Waals surface area contributed by atoms with E-state index in [9.17, 15) is 4.79 Å². The predicted molar refractivity (Wildman–Crippen MR) is 60.5 cm³/mol. The van der Waals surface area contributed by atoms with Crippen LogP contribution in [0.25, 0.3) is 0 Å². The number of amides is 1. The van der Waals surface area contributed by atoms with Crippen LogP contribution in [0.4, 0.5) is 0 Å². The highest BCUT2D eigenvalue weighted by atomic mass is 16.2. The Hall–Kier alpha value is -0.830. The molecule has 1 aliphatic carbocycles. The van der Waals surface area contributed by atoms with Crippen LogP contribution in [-0.4, -0.2) is 36.5 Å². The lowest BCUT2D eigenvalue weighted by Crippen LogP contribution is -2.52. The van der Waals surface area contributed by atoms with E-state index in [0.717, 1.165) is 32.5 Å². The molecular formula is C12H20N2O. The number of carbonyl (C=O) groups is 1. The second-order valence-electron chi connectivity index (χ2n) is 4.61. The topological polar surface area (TPSA) is 32.3 Å². The van der Waals surface area contributed by atoms with Crippen molar-refractivity contribution in [3.05, 3.63) is 12.2 Å². The Kier molecular flexibility index (Phi) is 3.41. The van der Waals surface area contributed by atoms with E-state index in [1.807, 2.05) is 4.90 Å². The first-order valence-corrected chi connectivity index (χ1v) is 5.94. The number of piperazine rings is 1. The molecule has 1 unspecified atom stereocenters. The normalized spacial score (nSPS) is 30.9. The Morgan fingerprint density at radius 1 is 1.60 bits per heavy atom. The molecule has 15 heavy (non-hydrogen) atoms. The van der Waals surface area contributed by atoms with Crippen molar-refractivity contribution in [2.45, 2.75) is 32.2 Å². The van der Waals surface area contributed by atoms with Crippen molar-refractivity contribution in [3.8, 4) is 0 Å². The van der Waals surface area contributed by atoms with E-state index in [4.69, 9.17) is 0 Å². The molecule has 1 aliphatic heterocycles. The molecule has 0 saturated carbocycles. The molecule has 0 aromatic carbocycles. The molecule has 2 aliphatic rings. The highest BCUT2D eigenvalue weighted by Gasteiger charge is 2.24. The van der Waals surface area contributed by atoms with E-state index in [1.165, 1.54) is 0 Å². The summed E-state index contributed by atoms with van der Waals surface area (Å²) in [5.74, 6) is 0.833. The van der Waals surface area contributed by atoms with E-state index in [0.29, 0.717) is 24.3 Å². The fourth-order valence-corrected chi connectivity index (χ4v) is 2.42. The third-order valence-electron chi connectivity index (χ3n) is 3.37. The van der Waals surface area contributed by atoms with Crippen LogP contribution in [0.15, 0.2) is 12.2 Å². The van der Waals surface area contributed by atoms with Gasteiger partial charge in [-0.15, -0.1) is 0 Å². The summed E-state index contributed by atoms with van der Waals surface area (Å²) in [4.78, 5) is 14.1. The van der Waals surface area contributed by atoms with Gasteiger partial charge in [0.2, 0.25) is 5.91 Å². The average Bonchev–Trinajstić information content (AvgIpc) is 2.71. The van der Waals surface area contributed by atoms with E-state index in [-0.39, 0.29) is 0 Å². The van der Waals surface area contributed by atoms with Gasteiger partial charge in [-0.2, -0.15) is 0 Å². The maximum atomic E-state index is 12.0. The standard InChI is InChI=1S/C12H20N2O/c1-10-9-13-6-7-14(10)12(15)8-11-4-2-3-5-11/h2,4,10-11,13H,3,5-9H2,1H3/t10-,11?/m0/s1. The Balaban J connectivity index is 1.85. The summed E-state index contributed by atoms with van der Waals surface area (Å²) in [6, 6.07) is 0.358. The Morgan fingerprint density at radius 3 is 3.13 bits per heavy atom. The van der Waals surface area contributed by atoms with Crippen LogP contribution in [0.5, 0.6) is 0 Å². The number of allylic oxidation sites excluding steroid dienone is 2. The van der Waals surface area contributed by atoms with E-state index in [1.54, 1.807) is 0 Å². The lowest BCUT2D eigenvalue weighted by atomic mass is 10.0. The van der Waals surface area contributed by atoms with Crippen LogP contribution < -0.4 is 5.32 Å². The predicted octanol–water partition coefficient (Wildman–Crippen LogP) is 1.16. The molecule has 1 amide bonds. The summed E-state index contributed by atoms with van der Waals surface area (Å²) >= 11 is 0. The van der Waals surface area contributed by atoms with Crippen molar-refractivity contribution < 1.29 is 4.79 Å². The second kappa shape index (κ2) is 4.79. The molecule has 2 atom stereocenters. The van der Waals surface area contributed by atoms with Crippen LogP contribution in [0, 0.1) is 5.92 Å². The maximum absolute atomic E-state index is 12.0. The molecule has 84 valence electrons. The van der Waals surface area contributed by atoms with Crippen molar-refractivity contribution in [2.24, 2.45) is 5.92 Å². The summed E-state index contributed by atoms with van der Waals surface area (Å²) in [7, 11) is 0. The summed E-state index contributed by atoms with van der Waals surface area (Å²) < 4.78 is 0. The van der Waals surface area contributed by atoms with E-state index >= 15 is 0 Å². The first-order chi connectivity index (χ1) is 7.27. The Morgan fingerprint density at radius 2 is 2.47 bits per heavy atom. The van der Waals surface area contributed by atoms with Gasteiger partial charge in [0.1, 0.15) is 0 Å². The average molecular weight is 208 g/mol. The van der Waals surface area contributed by atoms with Gasteiger partial charge < -0.3 is 10.2 Å².